The maximum absolute atomic E-state index is 11.9. The fourth-order valence-electron chi connectivity index (χ4n) is 2.42. The number of unbranched alkanes of at least 4 members (excludes halogenated alkanes) is 3. The molecule has 0 aromatic rings. The van der Waals surface area contributed by atoms with Gasteiger partial charge in [-0.2, -0.15) is 0 Å². The number of hydrogen-bond acceptors (Lipinski definition) is 4. The van der Waals surface area contributed by atoms with Crippen LogP contribution < -0.4 is 4.90 Å². The summed E-state index contributed by atoms with van der Waals surface area (Å²) in [7, 11) is 0. The van der Waals surface area contributed by atoms with E-state index in [2.05, 4.69) is 6.92 Å². The third-order valence-electron chi connectivity index (χ3n) is 3.68. The number of nitrogens with one attached hydrogen (secondary N) is 1. The van der Waals surface area contributed by atoms with E-state index < -0.39 is 0 Å². The highest BCUT2D eigenvalue weighted by molar-refractivity contribution is 5.78. The maximum Gasteiger partial charge on any atom is 0.371 e. The molecule has 1 heterocycles. The third-order valence-corrected chi connectivity index (χ3v) is 3.68. The standard InChI is InChI=1S/C15H27NO4/c1-4-7-8-9-10-20-15(18)13-11-16(13)12(5-2)14(17)19-6-3/h12-13H,4-11H2,1-3H3/p+1/t12-,13+,16?/m0/s1. The minimum Gasteiger partial charge on any atom is -0.462 e. The van der Waals surface area contributed by atoms with Gasteiger partial charge >= 0.3 is 11.9 Å². The van der Waals surface area contributed by atoms with Gasteiger partial charge in [0, 0.05) is 6.42 Å². The average Bonchev–Trinajstić information content (AvgIpc) is 3.20. The van der Waals surface area contributed by atoms with E-state index in [1.165, 1.54) is 12.8 Å². The topological polar surface area (TPSA) is 57.0 Å². The number of esters is 2. The molecule has 116 valence electrons. The van der Waals surface area contributed by atoms with Crippen LogP contribution in [0.4, 0.5) is 0 Å². The Morgan fingerprint density at radius 3 is 2.50 bits per heavy atom. The van der Waals surface area contributed by atoms with Gasteiger partial charge in [-0.3, -0.25) is 0 Å². The third kappa shape index (κ3) is 5.12. The van der Waals surface area contributed by atoms with Crippen LogP contribution in [0.5, 0.6) is 0 Å². The molecule has 1 aliphatic rings. The van der Waals surface area contributed by atoms with Crippen LogP contribution in [-0.2, 0) is 19.1 Å². The Labute approximate surface area is 121 Å². The lowest BCUT2D eigenvalue weighted by Crippen LogP contribution is -3.01. The molecule has 1 fully saturated rings. The van der Waals surface area contributed by atoms with Crippen molar-refractivity contribution >= 4 is 11.9 Å². The Morgan fingerprint density at radius 2 is 1.90 bits per heavy atom. The molecule has 1 rings (SSSR count). The summed E-state index contributed by atoms with van der Waals surface area (Å²) in [5, 5.41) is 0. The molecule has 5 heteroatoms. The smallest absolute Gasteiger partial charge is 0.371 e. The van der Waals surface area contributed by atoms with Gasteiger partial charge in [0.15, 0.2) is 6.04 Å². The van der Waals surface area contributed by atoms with E-state index >= 15 is 0 Å². The highest BCUT2D eigenvalue weighted by atomic mass is 16.5. The van der Waals surface area contributed by atoms with E-state index in [1.807, 2.05) is 6.92 Å². The van der Waals surface area contributed by atoms with Gasteiger partial charge in [0.1, 0.15) is 6.54 Å². The molecule has 0 aromatic carbocycles. The van der Waals surface area contributed by atoms with Crippen LogP contribution in [0.25, 0.3) is 0 Å². The Kier molecular flexibility index (Phi) is 7.59. The number of quaternary nitrogens is 1. The molecule has 0 saturated carbocycles. The predicted octanol–water partition coefficient (Wildman–Crippen LogP) is 0.719. The van der Waals surface area contributed by atoms with Crippen molar-refractivity contribution in [2.45, 2.75) is 65.0 Å². The summed E-state index contributed by atoms with van der Waals surface area (Å²) in [6.45, 7) is 7.46. The van der Waals surface area contributed by atoms with Crippen LogP contribution in [0.1, 0.15) is 52.9 Å². The van der Waals surface area contributed by atoms with Crippen LogP contribution in [-0.4, -0.2) is 43.8 Å². The van der Waals surface area contributed by atoms with Gasteiger partial charge in [-0.25, -0.2) is 9.59 Å². The fraction of sp³-hybridized carbons (Fsp3) is 0.867. The summed E-state index contributed by atoms with van der Waals surface area (Å²) < 4.78 is 10.3. The average molecular weight is 286 g/mol. The van der Waals surface area contributed by atoms with Crippen molar-refractivity contribution in [3.63, 3.8) is 0 Å². The van der Waals surface area contributed by atoms with Crippen molar-refractivity contribution in [2.75, 3.05) is 19.8 Å². The number of ether oxygens (including phenoxy) is 2. The first-order valence-corrected chi connectivity index (χ1v) is 7.84. The molecule has 0 radical (unpaired) electrons. The van der Waals surface area contributed by atoms with Crippen molar-refractivity contribution in [2.24, 2.45) is 0 Å². The molecule has 1 saturated heterocycles. The lowest BCUT2D eigenvalue weighted by atomic mass is 10.2. The van der Waals surface area contributed by atoms with Crippen LogP contribution in [0.2, 0.25) is 0 Å². The molecule has 1 unspecified atom stereocenters. The highest BCUT2D eigenvalue weighted by Gasteiger charge is 2.54. The number of hydrogen-bond donors (Lipinski definition) is 1. The van der Waals surface area contributed by atoms with E-state index in [0.717, 1.165) is 17.7 Å². The summed E-state index contributed by atoms with van der Waals surface area (Å²) in [5.41, 5.74) is 0. The van der Waals surface area contributed by atoms with Crippen LogP contribution in [0.3, 0.4) is 0 Å². The molecule has 20 heavy (non-hydrogen) atoms. The zero-order valence-corrected chi connectivity index (χ0v) is 12.9. The van der Waals surface area contributed by atoms with Gasteiger partial charge in [0.25, 0.3) is 0 Å². The molecular formula is C15H28NO4+. The van der Waals surface area contributed by atoms with E-state index in [0.29, 0.717) is 26.2 Å². The normalized spacial score (nSPS) is 22.1. The molecule has 0 bridgehead atoms. The van der Waals surface area contributed by atoms with Crippen molar-refractivity contribution in [3.05, 3.63) is 0 Å². The quantitative estimate of drug-likeness (QED) is 0.365. The van der Waals surface area contributed by atoms with Crippen molar-refractivity contribution in [1.82, 2.24) is 0 Å². The van der Waals surface area contributed by atoms with Gasteiger partial charge < -0.3 is 14.4 Å². The Morgan fingerprint density at radius 1 is 1.15 bits per heavy atom. The van der Waals surface area contributed by atoms with Gasteiger partial charge in [-0.1, -0.05) is 33.1 Å². The summed E-state index contributed by atoms with van der Waals surface area (Å²) in [6, 6.07) is -0.400. The second kappa shape index (κ2) is 8.95. The first kappa shape index (κ1) is 17.0. The van der Waals surface area contributed by atoms with Gasteiger partial charge in [0.2, 0.25) is 6.04 Å². The first-order valence-electron chi connectivity index (χ1n) is 7.84. The molecular weight excluding hydrogens is 258 g/mol. The van der Waals surface area contributed by atoms with E-state index in [9.17, 15) is 9.59 Å². The second-order valence-corrected chi connectivity index (χ2v) is 5.27. The van der Waals surface area contributed by atoms with Crippen LogP contribution in [0.15, 0.2) is 0 Å². The molecule has 0 spiro atoms. The first-order chi connectivity index (χ1) is 9.65. The minimum atomic E-state index is -0.229. The zero-order chi connectivity index (χ0) is 15.0. The van der Waals surface area contributed by atoms with Gasteiger partial charge in [0.05, 0.1) is 13.2 Å². The van der Waals surface area contributed by atoms with Crippen LogP contribution in [0, 0.1) is 0 Å². The Hall–Kier alpha value is -1.10. The monoisotopic (exact) mass is 286 g/mol. The molecule has 1 aliphatic heterocycles. The fourth-order valence-corrected chi connectivity index (χ4v) is 2.42. The highest BCUT2D eigenvalue weighted by Crippen LogP contribution is 2.03. The van der Waals surface area contributed by atoms with Crippen molar-refractivity contribution in [3.8, 4) is 0 Å². The second-order valence-electron chi connectivity index (χ2n) is 5.27. The SMILES string of the molecule is CCCCCCOC(=O)[C@H]1C[NH+]1[C@@H](CC)C(=O)OCC. The molecule has 3 atom stereocenters. The van der Waals surface area contributed by atoms with E-state index in [1.54, 1.807) is 6.92 Å². The molecule has 0 aliphatic carbocycles. The lowest BCUT2D eigenvalue weighted by molar-refractivity contribution is -0.790. The van der Waals surface area contributed by atoms with Gasteiger partial charge in [-0.15, -0.1) is 0 Å². The molecule has 0 amide bonds. The van der Waals surface area contributed by atoms with E-state index in [-0.39, 0.29) is 24.0 Å². The van der Waals surface area contributed by atoms with Crippen molar-refractivity contribution < 1.29 is 24.0 Å². The molecule has 1 N–H and O–H groups in total. The van der Waals surface area contributed by atoms with Crippen LogP contribution >= 0.6 is 0 Å². The molecule has 5 nitrogen and oxygen atoms in total. The number of carbonyl (C=O) groups is 2. The lowest BCUT2D eigenvalue weighted by Gasteiger charge is -2.12. The summed E-state index contributed by atoms with van der Waals surface area (Å²) >= 11 is 0. The van der Waals surface area contributed by atoms with Gasteiger partial charge in [-0.05, 0) is 13.3 Å². The summed E-state index contributed by atoms with van der Waals surface area (Å²) in [5.74, 6) is -0.373. The minimum absolute atomic E-state index is 0.167. The Bertz CT molecular complexity index is 319. The Balaban J connectivity index is 2.26. The number of rotatable bonds is 10. The summed E-state index contributed by atoms with van der Waals surface area (Å²) in [4.78, 5) is 24.6. The predicted molar refractivity (Wildman–Crippen MR) is 75.4 cm³/mol. The molecule has 0 aromatic heterocycles. The number of carbonyl (C=O) groups excluding carboxylic acids is 2. The maximum atomic E-state index is 11.9. The van der Waals surface area contributed by atoms with Crippen molar-refractivity contribution in [1.29, 1.82) is 0 Å². The van der Waals surface area contributed by atoms with E-state index in [4.69, 9.17) is 9.47 Å². The summed E-state index contributed by atoms with van der Waals surface area (Å²) in [6.07, 6.45) is 5.07. The zero-order valence-electron chi connectivity index (χ0n) is 12.9. The largest absolute Gasteiger partial charge is 0.462 e.